The van der Waals surface area contributed by atoms with Crippen LogP contribution in [0.25, 0.3) is 0 Å². The number of aliphatic carboxylic acids is 1. The Morgan fingerprint density at radius 3 is 2.63 bits per heavy atom. The Hall–Kier alpha value is -1.96. The van der Waals surface area contributed by atoms with Gasteiger partial charge in [-0.3, -0.25) is 19.7 Å². The normalized spacial score (nSPS) is 15.3. The number of carbonyl (C=O) groups excluding carboxylic acids is 1. The maximum atomic E-state index is 11.8. The van der Waals surface area contributed by atoms with Crippen LogP contribution >= 0.6 is 11.3 Å². The first-order chi connectivity index (χ1) is 8.83. The van der Waals surface area contributed by atoms with Crippen LogP contribution in [-0.4, -0.2) is 35.6 Å². The van der Waals surface area contributed by atoms with Gasteiger partial charge in [0, 0.05) is 9.80 Å². The van der Waals surface area contributed by atoms with Gasteiger partial charge in [-0.25, -0.2) is 0 Å². The van der Waals surface area contributed by atoms with Crippen molar-refractivity contribution in [1.29, 1.82) is 0 Å². The summed E-state index contributed by atoms with van der Waals surface area (Å²) in [6.07, 6.45) is 0. The largest absolute Gasteiger partial charge is 0.480 e. The van der Waals surface area contributed by atoms with Gasteiger partial charge in [-0.1, -0.05) is 6.07 Å². The Morgan fingerprint density at radius 1 is 1.63 bits per heavy atom. The molecule has 0 saturated heterocycles. The minimum atomic E-state index is -1.99. The molecule has 104 valence electrons. The van der Waals surface area contributed by atoms with Crippen LogP contribution in [-0.2, 0) is 14.3 Å². The number of methoxy groups -OCH3 is 1. The molecule has 19 heavy (non-hydrogen) atoms. The number of thiophene rings is 1. The third-order valence-corrected chi connectivity index (χ3v) is 3.95. The smallest absolute Gasteiger partial charge is 0.323 e. The summed E-state index contributed by atoms with van der Waals surface area (Å²) in [6.45, 7) is 0.494. The van der Waals surface area contributed by atoms with E-state index in [-0.39, 0.29) is 0 Å². The number of rotatable bonds is 6. The van der Waals surface area contributed by atoms with Crippen molar-refractivity contribution in [1.82, 2.24) is 0 Å². The van der Waals surface area contributed by atoms with Crippen LogP contribution in [0.2, 0.25) is 0 Å². The van der Waals surface area contributed by atoms with Gasteiger partial charge in [-0.05, 0) is 18.4 Å². The van der Waals surface area contributed by atoms with E-state index in [1.165, 1.54) is 11.3 Å². The van der Waals surface area contributed by atoms with E-state index < -0.39 is 34.7 Å². The standard InChI is InChI=1S/C11H13NO6S/c1-11(9(13)14,10(15)18-2)7(6-12(16)17)8-4-3-5-19-8/h3-5,7H,6H2,1-2H3,(H,13,14). The summed E-state index contributed by atoms with van der Waals surface area (Å²) >= 11 is 1.17. The molecular weight excluding hydrogens is 274 g/mol. The van der Waals surface area contributed by atoms with Gasteiger partial charge in [-0.15, -0.1) is 11.3 Å². The van der Waals surface area contributed by atoms with Gasteiger partial charge in [0.15, 0.2) is 5.41 Å². The van der Waals surface area contributed by atoms with Crippen LogP contribution in [0.15, 0.2) is 17.5 Å². The molecule has 1 N–H and O–H groups in total. The average Bonchev–Trinajstić information content (AvgIpc) is 2.86. The van der Waals surface area contributed by atoms with Crippen molar-refractivity contribution < 1.29 is 24.4 Å². The topological polar surface area (TPSA) is 107 Å². The summed E-state index contributed by atoms with van der Waals surface area (Å²) in [5.74, 6) is -3.52. The Balaban J connectivity index is 3.30. The van der Waals surface area contributed by atoms with E-state index in [1.54, 1.807) is 17.5 Å². The molecule has 2 atom stereocenters. The zero-order valence-electron chi connectivity index (χ0n) is 10.4. The molecule has 8 heteroatoms. The lowest BCUT2D eigenvalue weighted by Gasteiger charge is -2.27. The minimum absolute atomic E-state index is 0.465. The minimum Gasteiger partial charge on any atom is -0.480 e. The molecule has 1 rings (SSSR count). The fraction of sp³-hybridized carbons (Fsp3) is 0.455. The number of carboxylic acids is 1. The highest BCUT2D eigenvalue weighted by molar-refractivity contribution is 7.10. The number of carbonyl (C=O) groups is 2. The van der Waals surface area contributed by atoms with Crippen molar-refractivity contribution >= 4 is 23.3 Å². The van der Waals surface area contributed by atoms with Crippen molar-refractivity contribution in [3.8, 4) is 0 Å². The van der Waals surface area contributed by atoms with Crippen molar-refractivity contribution in [2.75, 3.05) is 13.7 Å². The first-order valence-electron chi connectivity index (χ1n) is 5.31. The maximum Gasteiger partial charge on any atom is 0.323 e. The molecule has 0 aromatic carbocycles. The molecule has 0 radical (unpaired) electrons. The Kier molecular flexibility index (Phi) is 4.60. The van der Waals surface area contributed by atoms with Crippen LogP contribution in [0, 0.1) is 15.5 Å². The Morgan fingerprint density at radius 2 is 2.26 bits per heavy atom. The quantitative estimate of drug-likeness (QED) is 0.366. The second-order valence-electron chi connectivity index (χ2n) is 4.08. The van der Waals surface area contributed by atoms with E-state index in [4.69, 9.17) is 0 Å². The molecule has 0 aliphatic heterocycles. The second kappa shape index (κ2) is 5.79. The third-order valence-electron chi connectivity index (χ3n) is 2.97. The van der Waals surface area contributed by atoms with E-state index in [0.29, 0.717) is 4.88 Å². The molecule has 0 amide bonds. The van der Waals surface area contributed by atoms with Gasteiger partial charge in [0.1, 0.15) is 0 Å². The molecule has 0 saturated carbocycles. The zero-order valence-corrected chi connectivity index (χ0v) is 11.2. The molecule has 0 aliphatic carbocycles. The maximum absolute atomic E-state index is 11.8. The fourth-order valence-corrected chi connectivity index (χ4v) is 2.73. The monoisotopic (exact) mass is 287 g/mol. The third kappa shape index (κ3) is 2.90. The number of nitrogens with zero attached hydrogens (tertiary/aromatic N) is 1. The zero-order chi connectivity index (χ0) is 14.6. The molecule has 1 aromatic rings. The molecule has 7 nitrogen and oxygen atoms in total. The first kappa shape index (κ1) is 15.1. The van der Waals surface area contributed by atoms with Crippen LogP contribution < -0.4 is 0 Å². The number of ether oxygens (including phenoxy) is 1. The molecule has 2 unspecified atom stereocenters. The van der Waals surface area contributed by atoms with Crippen LogP contribution in [0.3, 0.4) is 0 Å². The summed E-state index contributed by atoms with van der Waals surface area (Å²) in [5, 5.41) is 21.7. The van der Waals surface area contributed by atoms with Gasteiger partial charge >= 0.3 is 11.9 Å². The Bertz CT molecular complexity index is 485. The van der Waals surface area contributed by atoms with E-state index >= 15 is 0 Å². The number of carboxylic acid groups (broad SMARTS) is 1. The number of nitro groups is 1. The molecule has 0 aliphatic rings. The van der Waals surface area contributed by atoms with E-state index in [9.17, 15) is 24.8 Å². The van der Waals surface area contributed by atoms with E-state index in [2.05, 4.69) is 4.74 Å². The van der Waals surface area contributed by atoms with Gasteiger partial charge < -0.3 is 9.84 Å². The van der Waals surface area contributed by atoms with Crippen molar-refractivity contribution in [2.24, 2.45) is 5.41 Å². The fourth-order valence-electron chi connectivity index (χ4n) is 1.79. The highest BCUT2D eigenvalue weighted by Crippen LogP contribution is 2.39. The van der Waals surface area contributed by atoms with Crippen LogP contribution in [0.1, 0.15) is 17.7 Å². The highest BCUT2D eigenvalue weighted by atomic mass is 32.1. The van der Waals surface area contributed by atoms with Crippen LogP contribution in [0.5, 0.6) is 0 Å². The highest BCUT2D eigenvalue weighted by Gasteiger charge is 2.53. The molecular formula is C11H13NO6S. The predicted molar refractivity (Wildman–Crippen MR) is 66.7 cm³/mol. The van der Waals surface area contributed by atoms with Crippen LogP contribution in [0.4, 0.5) is 0 Å². The van der Waals surface area contributed by atoms with Gasteiger partial charge in [-0.2, -0.15) is 0 Å². The number of hydrogen-bond donors (Lipinski definition) is 1. The predicted octanol–water partition coefficient (Wildman–Crippen LogP) is 1.37. The first-order valence-corrected chi connectivity index (χ1v) is 6.19. The molecule has 0 fully saturated rings. The van der Waals surface area contributed by atoms with Crippen molar-refractivity contribution in [2.45, 2.75) is 12.8 Å². The Labute approximate surface area is 113 Å². The van der Waals surface area contributed by atoms with Gasteiger partial charge in [0.25, 0.3) is 0 Å². The average molecular weight is 287 g/mol. The molecule has 1 aromatic heterocycles. The molecule has 1 heterocycles. The van der Waals surface area contributed by atoms with Gasteiger partial charge in [0.2, 0.25) is 6.54 Å². The summed E-state index contributed by atoms with van der Waals surface area (Å²) < 4.78 is 4.50. The lowest BCUT2D eigenvalue weighted by Crippen LogP contribution is -2.45. The SMILES string of the molecule is COC(=O)C(C)(C(=O)O)C(C[N+](=O)[O-])c1cccs1. The number of hydrogen-bond acceptors (Lipinski definition) is 6. The van der Waals surface area contributed by atoms with Crippen molar-refractivity contribution in [3.63, 3.8) is 0 Å². The second-order valence-corrected chi connectivity index (χ2v) is 5.06. The van der Waals surface area contributed by atoms with Crippen molar-refractivity contribution in [3.05, 3.63) is 32.5 Å². The summed E-state index contributed by atoms with van der Waals surface area (Å²) in [5.41, 5.74) is -1.99. The molecule has 0 bridgehead atoms. The summed E-state index contributed by atoms with van der Waals surface area (Å²) in [4.78, 5) is 33.8. The summed E-state index contributed by atoms with van der Waals surface area (Å²) in [6, 6.07) is 3.22. The van der Waals surface area contributed by atoms with E-state index in [0.717, 1.165) is 14.0 Å². The van der Waals surface area contributed by atoms with Gasteiger partial charge in [0.05, 0.1) is 13.0 Å². The molecule has 0 spiro atoms. The lowest BCUT2D eigenvalue weighted by atomic mass is 9.76. The van der Waals surface area contributed by atoms with E-state index in [1.807, 2.05) is 0 Å². The summed E-state index contributed by atoms with van der Waals surface area (Å²) in [7, 11) is 1.06. The lowest BCUT2D eigenvalue weighted by molar-refractivity contribution is -0.485. The number of esters is 1.